The zero-order valence-corrected chi connectivity index (χ0v) is 19.2. The molecule has 3 aliphatic heterocycles. The normalized spacial score (nSPS) is 22.3. The van der Waals surface area contributed by atoms with Gasteiger partial charge in [0, 0.05) is 36.9 Å². The van der Waals surface area contributed by atoms with E-state index in [-0.39, 0.29) is 10.8 Å². The summed E-state index contributed by atoms with van der Waals surface area (Å²) in [4.78, 5) is 0.130. The zero-order valence-electron chi connectivity index (χ0n) is 18.4. The first-order chi connectivity index (χ1) is 15.5. The minimum Gasteiger partial charge on any atom is -0.501 e. The van der Waals surface area contributed by atoms with Crippen LogP contribution in [0.5, 0.6) is 17.4 Å². The van der Waals surface area contributed by atoms with Crippen molar-refractivity contribution >= 4 is 41.4 Å². The van der Waals surface area contributed by atoms with Crippen LogP contribution < -0.4 is 14.2 Å². The Bertz CT molecular complexity index is 1190. The number of aromatic nitrogens is 2. The van der Waals surface area contributed by atoms with Crippen LogP contribution in [0.25, 0.3) is 0 Å². The van der Waals surface area contributed by atoms with Gasteiger partial charge in [0.15, 0.2) is 16.4 Å². The Morgan fingerprint density at radius 2 is 1.67 bits per heavy atom. The number of ether oxygens (including phenoxy) is 3. The molecule has 8 radical (unpaired) electrons. The van der Waals surface area contributed by atoms with Crippen molar-refractivity contribution in [1.82, 2.24) is 14.1 Å². The molecule has 13 heteroatoms. The molecule has 0 N–H and O–H groups in total. The number of hydrogen-bond acceptors (Lipinski definition) is 6. The molecule has 164 valence electrons. The molecule has 0 atom stereocenters. The molecule has 0 saturated carbocycles. The minimum absolute atomic E-state index is 0.120. The van der Waals surface area contributed by atoms with E-state index in [0.717, 1.165) is 17.5 Å². The van der Waals surface area contributed by atoms with E-state index in [4.69, 9.17) is 45.6 Å². The molecule has 3 aliphatic rings. The van der Waals surface area contributed by atoms with Crippen molar-refractivity contribution in [2.24, 2.45) is 0 Å². The Labute approximate surface area is 199 Å². The van der Waals surface area contributed by atoms with Gasteiger partial charge in [-0.2, -0.15) is 9.40 Å². The van der Waals surface area contributed by atoms with Gasteiger partial charge in [-0.3, -0.25) is 0 Å². The largest absolute Gasteiger partial charge is 0.501 e. The SMILES string of the molecule is [B]C1([B])Oc2cc(C)c(C3CCN(S(=O)(=O)c4cnn5c4OCCC5)CC3)cc2OC1([B])[B]. The summed E-state index contributed by atoms with van der Waals surface area (Å²) in [6.45, 7) is 3.83. The number of rotatable bonds is 3. The lowest BCUT2D eigenvalue weighted by molar-refractivity contribution is 0.0615. The number of nitrogens with zero attached hydrogens (tertiary/aromatic N) is 3. The molecule has 0 aliphatic carbocycles. The predicted molar refractivity (Wildman–Crippen MR) is 124 cm³/mol. The van der Waals surface area contributed by atoms with Crippen LogP contribution in [0, 0.1) is 6.92 Å². The number of aryl methyl sites for hydroxylation is 2. The third-order valence-corrected chi connectivity index (χ3v) is 8.41. The Balaban J connectivity index is 1.34. The van der Waals surface area contributed by atoms with Crippen LogP contribution in [0.15, 0.2) is 23.2 Å². The van der Waals surface area contributed by atoms with Crippen LogP contribution in [0.1, 0.15) is 36.3 Å². The molecule has 33 heavy (non-hydrogen) atoms. The van der Waals surface area contributed by atoms with Gasteiger partial charge in [0.1, 0.15) is 31.4 Å². The van der Waals surface area contributed by atoms with Crippen molar-refractivity contribution in [1.29, 1.82) is 0 Å². The third-order valence-electron chi connectivity index (χ3n) is 6.52. The second kappa shape index (κ2) is 7.77. The summed E-state index contributed by atoms with van der Waals surface area (Å²) in [5.41, 5.74) is 1.97. The molecule has 4 heterocycles. The monoisotopic (exact) mass is 459 g/mol. The van der Waals surface area contributed by atoms with Crippen molar-refractivity contribution in [2.75, 3.05) is 19.7 Å². The van der Waals surface area contributed by atoms with Crippen LogP contribution in [0.2, 0.25) is 0 Å². The van der Waals surface area contributed by atoms with Gasteiger partial charge in [0.25, 0.3) is 0 Å². The molecule has 2 aromatic rings. The lowest BCUT2D eigenvalue weighted by atomic mass is 9.41. The van der Waals surface area contributed by atoms with Crippen molar-refractivity contribution in [2.45, 2.75) is 54.3 Å². The zero-order chi connectivity index (χ0) is 23.6. The topological polar surface area (TPSA) is 82.9 Å². The molecule has 0 amide bonds. The standard InChI is InChI=1S/C20H21B4N3O5S/c1-12-9-15-16(32-20(23,24)19(21,22)31-15)10-14(12)13-3-6-26(7-4-13)33(28,29)17-11-25-27-5-2-8-30-18(17)27/h9-11,13H,2-8H2,1H3. The number of piperidine rings is 1. The molecule has 1 fully saturated rings. The van der Waals surface area contributed by atoms with Gasteiger partial charge in [0.05, 0.1) is 12.8 Å². The average Bonchev–Trinajstić information content (AvgIpc) is 3.19. The number of sulfonamides is 1. The highest BCUT2D eigenvalue weighted by Crippen LogP contribution is 2.44. The van der Waals surface area contributed by atoms with Gasteiger partial charge in [-0.25, -0.2) is 13.1 Å². The summed E-state index contributed by atoms with van der Waals surface area (Å²) in [5, 5.41) is 0.386. The van der Waals surface area contributed by atoms with Crippen LogP contribution in [-0.2, 0) is 16.6 Å². The first-order valence-electron chi connectivity index (χ1n) is 10.9. The molecule has 8 nitrogen and oxygen atoms in total. The van der Waals surface area contributed by atoms with E-state index in [1.165, 1.54) is 10.5 Å². The van der Waals surface area contributed by atoms with Crippen LogP contribution in [-0.4, -0.2) is 84.4 Å². The Morgan fingerprint density at radius 1 is 1.03 bits per heavy atom. The summed E-state index contributed by atoms with van der Waals surface area (Å²) in [6.07, 6.45) is 3.46. The average molecular weight is 459 g/mol. The fourth-order valence-corrected chi connectivity index (χ4v) is 6.10. The van der Waals surface area contributed by atoms with E-state index < -0.39 is 20.8 Å². The van der Waals surface area contributed by atoms with Crippen molar-refractivity contribution < 1.29 is 22.6 Å². The van der Waals surface area contributed by atoms with E-state index in [1.54, 1.807) is 10.7 Å². The number of hydrogen-bond donors (Lipinski definition) is 0. The molecule has 5 rings (SSSR count). The highest BCUT2D eigenvalue weighted by molar-refractivity contribution is 7.89. The molecule has 0 spiro atoms. The predicted octanol–water partition coefficient (Wildman–Crippen LogP) is 0.295. The molecule has 1 aromatic carbocycles. The van der Waals surface area contributed by atoms with E-state index >= 15 is 0 Å². The second-order valence-corrected chi connectivity index (χ2v) is 10.8. The molecule has 1 aromatic heterocycles. The molecular formula is C20H21B4N3O5S. The van der Waals surface area contributed by atoms with Gasteiger partial charge in [-0.1, -0.05) is 0 Å². The fraction of sp³-hybridized carbons (Fsp3) is 0.550. The maximum atomic E-state index is 13.3. The van der Waals surface area contributed by atoms with Crippen LogP contribution in [0.4, 0.5) is 0 Å². The van der Waals surface area contributed by atoms with Crippen LogP contribution >= 0.6 is 0 Å². The Morgan fingerprint density at radius 3 is 2.33 bits per heavy atom. The van der Waals surface area contributed by atoms with Crippen molar-refractivity contribution in [3.63, 3.8) is 0 Å². The maximum absolute atomic E-state index is 13.3. The van der Waals surface area contributed by atoms with Gasteiger partial charge >= 0.3 is 0 Å². The minimum atomic E-state index is -3.70. The van der Waals surface area contributed by atoms with E-state index in [9.17, 15) is 8.42 Å². The summed E-state index contributed by atoms with van der Waals surface area (Å²) < 4.78 is 46.4. The number of benzene rings is 1. The smallest absolute Gasteiger partial charge is 0.250 e. The van der Waals surface area contributed by atoms with Gasteiger partial charge < -0.3 is 14.2 Å². The van der Waals surface area contributed by atoms with Crippen LogP contribution in [0.3, 0.4) is 0 Å². The lowest BCUT2D eigenvalue weighted by Gasteiger charge is -2.49. The van der Waals surface area contributed by atoms with Gasteiger partial charge in [0.2, 0.25) is 15.9 Å². The fourth-order valence-electron chi connectivity index (χ4n) is 4.57. The Kier molecular flexibility index (Phi) is 5.36. The summed E-state index contributed by atoms with van der Waals surface area (Å²) in [6, 6.07) is 3.61. The van der Waals surface area contributed by atoms with E-state index in [0.29, 0.717) is 56.5 Å². The molecule has 0 unspecified atom stereocenters. The summed E-state index contributed by atoms with van der Waals surface area (Å²) in [5.74, 6) is 1.16. The van der Waals surface area contributed by atoms with Gasteiger partial charge in [-0.05, 0) is 48.9 Å². The van der Waals surface area contributed by atoms with Crippen molar-refractivity contribution in [3.05, 3.63) is 29.5 Å². The van der Waals surface area contributed by atoms with Gasteiger partial charge in [-0.15, -0.1) is 0 Å². The molecule has 1 saturated heterocycles. The highest BCUT2D eigenvalue weighted by Gasteiger charge is 2.43. The molecule has 0 bridgehead atoms. The Hall–Kier alpha value is -2.00. The summed E-state index contributed by atoms with van der Waals surface area (Å²) in [7, 11) is 19.8. The first kappa shape index (κ1) is 22.8. The highest BCUT2D eigenvalue weighted by atomic mass is 32.2. The van der Waals surface area contributed by atoms with Crippen molar-refractivity contribution in [3.8, 4) is 17.4 Å². The molecular weight excluding hydrogens is 438 g/mol. The number of fused-ring (bicyclic) bond motifs is 2. The quantitative estimate of drug-likeness (QED) is 0.615. The lowest BCUT2D eigenvalue weighted by Crippen LogP contribution is -2.65. The van der Waals surface area contributed by atoms with E-state index in [1.807, 2.05) is 13.0 Å². The second-order valence-electron chi connectivity index (χ2n) is 8.86. The van der Waals surface area contributed by atoms with E-state index in [2.05, 4.69) is 5.10 Å². The first-order valence-corrected chi connectivity index (χ1v) is 12.3. The summed E-state index contributed by atoms with van der Waals surface area (Å²) >= 11 is 0. The third kappa shape index (κ3) is 3.77. The maximum Gasteiger partial charge on any atom is 0.250 e.